The van der Waals surface area contributed by atoms with E-state index in [1.165, 1.54) is 11.3 Å². The summed E-state index contributed by atoms with van der Waals surface area (Å²) in [5.74, 6) is -0.155. The first-order valence-electron chi connectivity index (χ1n) is 11.9. The Balaban J connectivity index is 1.23. The van der Waals surface area contributed by atoms with E-state index in [1.807, 2.05) is 30.3 Å². The SMILES string of the molecule is CC1Cc2ccccc2N1Cc1ccoc1C(=O)Nc1ccc(N2CCC(C(N)=O)CC2)cc1. The van der Waals surface area contributed by atoms with Gasteiger partial charge in [0.2, 0.25) is 5.91 Å². The number of piperidine rings is 1. The average Bonchev–Trinajstić information content (AvgIpc) is 3.44. The Morgan fingerprint density at radius 1 is 1.06 bits per heavy atom. The van der Waals surface area contributed by atoms with Crippen LogP contribution in [0.15, 0.2) is 65.3 Å². The van der Waals surface area contributed by atoms with Crippen molar-refractivity contribution in [1.29, 1.82) is 0 Å². The zero-order chi connectivity index (χ0) is 23.7. The Bertz CT molecular complexity index is 1180. The molecule has 0 saturated carbocycles. The van der Waals surface area contributed by atoms with Crippen molar-refractivity contribution in [3.05, 3.63) is 77.7 Å². The van der Waals surface area contributed by atoms with Crippen molar-refractivity contribution in [1.82, 2.24) is 0 Å². The number of amides is 2. The Morgan fingerprint density at radius 3 is 2.53 bits per heavy atom. The second-order valence-corrected chi connectivity index (χ2v) is 9.25. The van der Waals surface area contributed by atoms with E-state index >= 15 is 0 Å². The maximum atomic E-state index is 13.0. The quantitative estimate of drug-likeness (QED) is 0.578. The molecule has 0 spiro atoms. The molecule has 1 fully saturated rings. The third kappa shape index (κ3) is 4.38. The number of nitrogens with two attached hydrogens (primary N) is 1. The smallest absolute Gasteiger partial charge is 0.291 e. The van der Waals surface area contributed by atoms with Crippen LogP contribution in [0.2, 0.25) is 0 Å². The Labute approximate surface area is 199 Å². The van der Waals surface area contributed by atoms with Gasteiger partial charge in [-0.3, -0.25) is 9.59 Å². The van der Waals surface area contributed by atoms with Crippen LogP contribution in [0, 0.1) is 5.92 Å². The maximum absolute atomic E-state index is 13.0. The third-order valence-corrected chi connectivity index (χ3v) is 7.03. The molecule has 2 amide bonds. The first kappa shape index (κ1) is 22.1. The van der Waals surface area contributed by atoms with Gasteiger partial charge in [-0.2, -0.15) is 0 Å². The van der Waals surface area contributed by atoms with Gasteiger partial charge in [0.25, 0.3) is 5.91 Å². The largest absolute Gasteiger partial charge is 0.459 e. The van der Waals surface area contributed by atoms with Gasteiger partial charge in [-0.25, -0.2) is 0 Å². The van der Waals surface area contributed by atoms with E-state index in [0.717, 1.165) is 43.6 Å². The van der Waals surface area contributed by atoms with Gasteiger partial charge in [0.15, 0.2) is 5.76 Å². The minimum Gasteiger partial charge on any atom is -0.459 e. The van der Waals surface area contributed by atoms with Crippen molar-refractivity contribution in [2.75, 3.05) is 28.2 Å². The molecular formula is C27H30N4O3. The molecule has 2 aromatic carbocycles. The van der Waals surface area contributed by atoms with Crippen molar-refractivity contribution in [2.24, 2.45) is 11.7 Å². The molecular weight excluding hydrogens is 428 g/mol. The molecule has 7 heteroatoms. The van der Waals surface area contributed by atoms with E-state index in [4.69, 9.17) is 10.2 Å². The van der Waals surface area contributed by atoms with Crippen LogP contribution in [0.5, 0.6) is 0 Å². The summed E-state index contributed by atoms with van der Waals surface area (Å²) in [6.45, 7) is 4.43. The number of carbonyl (C=O) groups excluding carboxylic acids is 2. The molecule has 0 radical (unpaired) electrons. The van der Waals surface area contributed by atoms with Crippen LogP contribution in [0.4, 0.5) is 17.1 Å². The van der Waals surface area contributed by atoms with Gasteiger partial charge in [0.1, 0.15) is 0 Å². The lowest BCUT2D eigenvalue weighted by Crippen LogP contribution is -2.38. The zero-order valence-electron chi connectivity index (χ0n) is 19.4. The fourth-order valence-corrected chi connectivity index (χ4v) is 5.08. The molecule has 7 nitrogen and oxygen atoms in total. The van der Waals surface area contributed by atoms with Gasteiger partial charge in [0, 0.05) is 54.2 Å². The summed E-state index contributed by atoms with van der Waals surface area (Å²) in [5.41, 5.74) is 10.6. The van der Waals surface area contributed by atoms with E-state index in [9.17, 15) is 9.59 Å². The van der Waals surface area contributed by atoms with Crippen molar-refractivity contribution in [3.8, 4) is 0 Å². The van der Waals surface area contributed by atoms with E-state index in [1.54, 1.807) is 6.26 Å². The molecule has 0 aliphatic carbocycles. The van der Waals surface area contributed by atoms with Gasteiger partial charge >= 0.3 is 0 Å². The lowest BCUT2D eigenvalue weighted by Gasteiger charge is -2.32. The Hall–Kier alpha value is -3.74. The molecule has 176 valence electrons. The highest BCUT2D eigenvalue weighted by Gasteiger charge is 2.28. The number of hydrogen-bond acceptors (Lipinski definition) is 5. The van der Waals surface area contributed by atoms with Crippen LogP contribution in [0.25, 0.3) is 0 Å². The van der Waals surface area contributed by atoms with Crippen LogP contribution < -0.4 is 20.9 Å². The van der Waals surface area contributed by atoms with Crippen LogP contribution in [-0.4, -0.2) is 30.9 Å². The van der Waals surface area contributed by atoms with Crippen LogP contribution in [0.3, 0.4) is 0 Å². The van der Waals surface area contributed by atoms with Gasteiger partial charge < -0.3 is 25.3 Å². The summed E-state index contributed by atoms with van der Waals surface area (Å²) < 4.78 is 5.60. The molecule has 0 bridgehead atoms. The second-order valence-electron chi connectivity index (χ2n) is 9.25. The summed E-state index contributed by atoms with van der Waals surface area (Å²) in [6.07, 6.45) is 4.13. The summed E-state index contributed by atoms with van der Waals surface area (Å²) in [4.78, 5) is 29.0. The lowest BCUT2D eigenvalue weighted by molar-refractivity contribution is -0.122. The van der Waals surface area contributed by atoms with E-state index in [0.29, 0.717) is 24.0 Å². The summed E-state index contributed by atoms with van der Waals surface area (Å²) in [6, 6.07) is 18.4. The number of hydrogen-bond donors (Lipinski definition) is 2. The Kier molecular flexibility index (Phi) is 6.01. The molecule has 34 heavy (non-hydrogen) atoms. The molecule has 3 aromatic rings. The number of benzene rings is 2. The number of para-hydroxylation sites is 1. The van der Waals surface area contributed by atoms with Gasteiger partial charge in [-0.1, -0.05) is 18.2 Å². The molecule has 1 atom stereocenters. The summed E-state index contributed by atoms with van der Waals surface area (Å²) in [5, 5.41) is 2.96. The van der Waals surface area contributed by atoms with E-state index < -0.39 is 0 Å². The van der Waals surface area contributed by atoms with Gasteiger partial charge in [0.05, 0.1) is 6.26 Å². The van der Waals surface area contributed by atoms with Gasteiger partial charge in [-0.15, -0.1) is 0 Å². The predicted molar refractivity (Wildman–Crippen MR) is 133 cm³/mol. The predicted octanol–water partition coefficient (Wildman–Crippen LogP) is 4.18. The fraction of sp³-hybridized carbons (Fsp3) is 0.333. The Morgan fingerprint density at radius 2 is 1.79 bits per heavy atom. The standard InChI is InChI=1S/C27H30N4O3/c1-18-16-20-4-2-3-5-24(20)31(18)17-21-12-15-34-25(21)27(33)29-22-6-8-23(9-7-22)30-13-10-19(11-14-30)26(28)32/h2-9,12,15,18-19H,10-11,13-14,16-17H2,1H3,(H2,28,32)(H,29,33). The molecule has 1 aromatic heterocycles. The van der Waals surface area contributed by atoms with Crippen LogP contribution in [-0.2, 0) is 17.8 Å². The van der Waals surface area contributed by atoms with Crippen LogP contribution in [0.1, 0.15) is 41.4 Å². The second kappa shape index (κ2) is 9.25. The minimum atomic E-state index is -0.254. The number of anilines is 3. The van der Waals surface area contributed by atoms with Crippen molar-refractivity contribution < 1.29 is 14.0 Å². The van der Waals surface area contributed by atoms with E-state index in [-0.39, 0.29) is 17.7 Å². The zero-order valence-corrected chi connectivity index (χ0v) is 19.4. The lowest BCUT2D eigenvalue weighted by atomic mass is 9.96. The molecule has 2 aliphatic rings. The maximum Gasteiger partial charge on any atom is 0.291 e. The van der Waals surface area contributed by atoms with Crippen LogP contribution >= 0.6 is 0 Å². The highest BCUT2D eigenvalue weighted by atomic mass is 16.3. The number of carbonyl (C=O) groups is 2. The average molecular weight is 459 g/mol. The molecule has 1 unspecified atom stereocenters. The van der Waals surface area contributed by atoms with Crippen molar-refractivity contribution in [3.63, 3.8) is 0 Å². The summed E-state index contributed by atoms with van der Waals surface area (Å²) >= 11 is 0. The van der Waals surface area contributed by atoms with Gasteiger partial charge in [-0.05, 0) is 68.1 Å². The first-order chi connectivity index (χ1) is 16.5. The van der Waals surface area contributed by atoms with Crippen molar-refractivity contribution in [2.45, 2.75) is 38.8 Å². The third-order valence-electron chi connectivity index (χ3n) is 7.03. The molecule has 3 N–H and O–H groups in total. The topological polar surface area (TPSA) is 91.8 Å². The number of fused-ring (bicyclic) bond motifs is 1. The number of nitrogens with zero attached hydrogens (tertiary/aromatic N) is 2. The first-order valence-corrected chi connectivity index (χ1v) is 11.9. The highest BCUT2D eigenvalue weighted by Crippen LogP contribution is 2.34. The molecule has 2 aliphatic heterocycles. The highest BCUT2D eigenvalue weighted by molar-refractivity contribution is 6.03. The number of primary amides is 1. The van der Waals surface area contributed by atoms with E-state index in [2.05, 4.69) is 46.3 Å². The van der Waals surface area contributed by atoms with Crippen molar-refractivity contribution >= 4 is 28.9 Å². The number of nitrogens with one attached hydrogen (secondary N) is 1. The summed E-state index contributed by atoms with van der Waals surface area (Å²) in [7, 11) is 0. The number of furan rings is 1. The normalized spacial score (nSPS) is 18.1. The number of rotatable bonds is 6. The molecule has 3 heterocycles. The monoisotopic (exact) mass is 458 g/mol. The minimum absolute atomic E-state index is 0.0330. The molecule has 1 saturated heterocycles. The molecule has 5 rings (SSSR count). The fourth-order valence-electron chi connectivity index (χ4n) is 5.08.